The van der Waals surface area contributed by atoms with Gasteiger partial charge in [-0.2, -0.15) is 0 Å². The van der Waals surface area contributed by atoms with Gasteiger partial charge in [0, 0.05) is 34.6 Å². The lowest BCUT2D eigenvalue weighted by molar-refractivity contribution is 0.868. The Hall–Kier alpha value is -3.39. The van der Waals surface area contributed by atoms with Crippen LogP contribution in [0.25, 0.3) is 33.1 Å². The first-order valence-corrected chi connectivity index (χ1v) is 8.86. The van der Waals surface area contributed by atoms with E-state index in [-0.39, 0.29) is 0 Å². The van der Waals surface area contributed by atoms with Gasteiger partial charge in [-0.1, -0.05) is 78.9 Å². The highest BCUT2D eigenvalue weighted by Gasteiger charge is 2.12. The van der Waals surface area contributed by atoms with E-state index in [9.17, 15) is 0 Å². The molecule has 2 nitrogen and oxygen atoms in total. The molecule has 0 aliphatic heterocycles. The topological polar surface area (TPSA) is 17.8 Å². The first-order chi connectivity index (χ1) is 12.9. The van der Waals surface area contributed by atoms with Gasteiger partial charge in [0.15, 0.2) is 0 Å². The molecule has 2 aromatic heterocycles. The number of aromatic nitrogens is 2. The quantitative estimate of drug-likeness (QED) is 0.401. The zero-order valence-electron chi connectivity index (χ0n) is 14.3. The van der Waals surface area contributed by atoms with Gasteiger partial charge in [-0.05, 0) is 17.7 Å². The Morgan fingerprint density at radius 2 is 1.35 bits per heavy atom. The summed E-state index contributed by atoms with van der Waals surface area (Å²) in [6, 6.07) is 31.8. The van der Waals surface area contributed by atoms with E-state index in [0.29, 0.717) is 0 Å². The minimum absolute atomic E-state index is 0.850. The maximum Gasteiger partial charge on any atom is 0.0723 e. The molecule has 0 aliphatic rings. The molecule has 0 spiro atoms. The highest BCUT2D eigenvalue weighted by molar-refractivity contribution is 6.08. The van der Waals surface area contributed by atoms with Crippen molar-refractivity contribution >= 4 is 21.8 Å². The third-order valence-corrected chi connectivity index (χ3v) is 4.91. The van der Waals surface area contributed by atoms with E-state index < -0.39 is 0 Å². The van der Waals surface area contributed by atoms with Crippen LogP contribution in [0, 0.1) is 0 Å². The second-order valence-electron chi connectivity index (χ2n) is 6.54. The number of hydrogen-bond donors (Lipinski definition) is 0. The van der Waals surface area contributed by atoms with Crippen LogP contribution in [0.1, 0.15) is 5.56 Å². The molecule has 5 aromatic rings. The molecular formula is C24H18N2. The predicted octanol–water partition coefficient (Wildman–Crippen LogP) is 5.90. The zero-order chi connectivity index (χ0) is 17.3. The highest BCUT2D eigenvalue weighted by atomic mass is 15.0. The van der Waals surface area contributed by atoms with E-state index in [2.05, 4.69) is 89.5 Å². The molecule has 0 saturated carbocycles. The second kappa shape index (κ2) is 6.16. The number of pyridine rings is 1. The average molecular weight is 334 g/mol. The fourth-order valence-corrected chi connectivity index (χ4v) is 3.65. The Balaban J connectivity index is 1.76. The summed E-state index contributed by atoms with van der Waals surface area (Å²) in [5.74, 6) is 0. The summed E-state index contributed by atoms with van der Waals surface area (Å²) >= 11 is 0. The third-order valence-electron chi connectivity index (χ3n) is 4.91. The molecule has 5 rings (SSSR count). The number of rotatable bonds is 3. The normalized spacial score (nSPS) is 11.2. The minimum Gasteiger partial charge on any atom is -0.336 e. The number of benzene rings is 3. The van der Waals surface area contributed by atoms with Crippen LogP contribution in [-0.4, -0.2) is 9.55 Å². The van der Waals surface area contributed by atoms with E-state index >= 15 is 0 Å². The fourth-order valence-electron chi connectivity index (χ4n) is 3.65. The lowest BCUT2D eigenvalue weighted by atomic mass is 10.1. The molecule has 2 heteroatoms. The van der Waals surface area contributed by atoms with Crippen LogP contribution in [0.5, 0.6) is 0 Å². The third kappa shape index (κ3) is 2.47. The van der Waals surface area contributed by atoms with Crippen LogP contribution in [0.2, 0.25) is 0 Å². The van der Waals surface area contributed by atoms with Crippen molar-refractivity contribution in [3.8, 4) is 11.3 Å². The van der Waals surface area contributed by atoms with Gasteiger partial charge in [-0.15, -0.1) is 0 Å². The Bertz CT molecular complexity index is 1190. The molecule has 0 fully saturated rings. The van der Waals surface area contributed by atoms with Gasteiger partial charge < -0.3 is 4.57 Å². The molecule has 0 aliphatic carbocycles. The molecule has 0 bridgehead atoms. The number of hydrogen-bond acceptors (Lipinski definition) is 1. The molecule has 124 valence electrons. The smallest absolute Gasteiger partial charge is 0.0723 e. The Labute approximate surface area is 152 Å². The van der Waals surface area contributed by atoms with Crippen LogP contribution in [0.15, 0.2) is 97.2 Å². The first-order valence-electron chi connectivity index (χ1n) is 8.86. The summed E-state index contributed by atoms with van der Waals surface area (Å²) in [6.07, 6.45) is 2.02. The van der Waals surface area contributed by atoms with Crippen molar-refractivity contribution in [1.29, 1.82) is 0 Å². The van der Waals surface area contributed by atoms with E-state index in [1.165, 1.54) is 27.4 Å². The second-order valence-corrected chi connectivity index (χ2v) is 6.54. The first kappa shape index (κ1) is 14.9. The fraction of sp³-hybridized carbons (Fsp3) is 0.0417. The van der Waals surface area contributed by atoms with E-state index in [1.807, 2.05) is 12.3 Å². The van der Waals surface area contributed by atoms with Crippen molar-refractivity contribution in [3.05, 3.63) is 103 Å². The Morgan fingerprint density at radius 1 is 0.654 bits per heavy atom. The van der Waals surface area contributed by atoms with Crippen molar-refractivity contribution in [2.24, 2.45) is 0 Å². The number of para-hydroxylation sites is 1. The van der Waals surface area contributed by atoms with Crippen molar-refractivity contribution < 1.29 is 0 Å². The van der Waals surface area contributed by atoms with Gasteiger partial charge in [0.2, 0.25) is 0 Å². The van der Waals surface area contributed by atoms with Crippen LogP contribution < -0.4 is 0 Å². The monoisotopic (exact) mass is 334 g/mol. The van der Waals surface area contributed by atoms with Crippen LogP contribution >= 0.6 is 0 Å². The molecular weight excluding hydrogens is 316 g/mol. The van der Waals surface area contributed by atoms with Gasteiger partial charge in [0.1, 0.15) is 0 Å². The summed E-state index contributed by atoms with van der Waals surface area (Å²) in [4.78, 5) is 4.73. The molecule has 26 heavy (non-hydrogen) atoms. The van der Waals surface area contributed by atoms with Gasteiger partial charge in [-0.3, -0.25) is 4.98 Å². The lowest BCUT2D eigenvalue weighted by Gasteiger charge is -2.08. The largest absolute Gasteiger partial charge is 0.336 e. The average Bonchev–Trinajstić information content (AvgIpc) is 3.03. The summed E-state index contributed by atoms with van der Waals surface area (Å²) in [6.45, 7) is 0.850. The summed E-state index contributed by atoms with van der Waals surface area (Å²) in [5, 5.41) is 2.46. The number of fused-ring (bicyclic) bond motifs is 3. The maximum absolute atomic E-state index is 4.73. The predicted molar refractivity (Wildman–Crippen MR) is 108 cm³/mol. The van der Waals surface area contributed by atoms with Gasteiger partial charge in [-0.25, -0.2) is 0 Å². The zero-order valence-corrected chi connectivity index (χ0v) is 14.3. The Morgan fingerprint density at radius 3 is 2.15 bits per heavy atom. The number of nitrogens with zero attached hydrogens (tertiary/aromatic N) is 2. The minimum atomic E-state index is 0.850. The van der Waals surface area contributed by atoms with Gasteiger partial charge >= 0.3 is 0 Å². The molecule has 0 atom stereocenters. The maximum atomic E-state index is 4.73. The standard InChI is InChI=1S/C24H18N2/c1-3-9-18(10-4-1)17-26-23-14-8-7-13-20(23)21-16-25-22(15-24(21)26)19-11-5-2-6-12-19/h1-16H,17H2. The summed E-state index contributed by atoms with van der Waals surface area (Å²) in [5.41, 5.74) is 5.93. The van der Waals surface area contributed by atoms with Crippen molar-refractivity contribution in [3.63, 3.8) is 0 Å². The van der Waals surface area contributed by atoms with Crippen LogP contribution in [-0.2, 0) is 6.54 Å². The van der Waals surface area contributed by atoms with Crippen LogP contribution in [0.4, 0.5) is 0 Å². The molecule has 0 radical (unpaired) electrons. The molecule has 0 N–H and O–H groups in total. The summed E-state index contributed by atoms with van der Waals surface area (Å²) < 4.78 is 2.40. The Kier molecular flexibility index (Phi) is 3.53. The van der Waals surface area contributed by atoms with Gasteiger partial charge in [0.05, 0.1) is 11.2 Å². The SMILES string of the molecule is c1ccc(Cn2c3ccccc3c3cnc(-c4ccccc4)cc32)cc1. The van der Waals surface area contributed by atoms with E-state index in [1.54, 1.807) is 0 Å². The molecule has 0 amide bonds. The molecule has 0 saturated heterocycles. The van der Waals surface area contributed by atoms with Crippen LogP contribution in [0.3, 0.4) is 0 Å². The highest BCUT2D eigenvalue weighted by Crippen LogP contribution is 2.31. The van der Waals surface area contributed by atoms with Gasteiger partial charge in [0.25, 0.3) is 0 Å². The lowest BCUT2D eigenvalue weighted by Crippen LogP contribution is -1.99. The van der Waals surface area contributed by atoms with E-state index in [4.69, 9.17) is 4.98 Å². The molecule has 0 unspecified atom stereocenters. The van der Waals surface area contributed by atoms with E-state index in [0.717, 1.165) is 17.8 Å². The summed E-state index contributed by atoms with van der Waals surface area (Å²) in [7, 11) is 0. The molecule has 3 aromatic carbocycles. The van der Waals surface area contributed by atoms with Crippen molar-refractivity contribution in [1.82, 2.24) is 9.55 Å². The molecule has 2 heterocycles. The van der Waals surface area contributed by atoms with Crippen molar-refractivity contribution in [2.45, 2.75) is 6.54 Å². The van der Waals surface area contributed by atoms with Crippen molar-refractivity contribution in [2.75, 3.05) is 0 Å².